The molecule has 0 spiro atoms. The van der Waals surface area contributed by atoms with E-state index in [0.717, 1.165) is 23.8 Å². The van der Waals surface area contributed by atoms with Crippen LogP contribution >= 0.6 is 0 Å². The lowest BCUT2D eigenvalue weighted by molar-refractivity contribution is 1.02. The highest BCUT2D eigenvalue weighted by Gasteiger charge is 1.96. The Morgan fingerprint density at radius 2 is 1.82 bits per heavy atom. The molecule has 0 aliphatic carbocycles. The molecule has 0 saturated heterocycles. The number of aryl methyl sites for hydroxylation is 1. The van der Waals surface area contributed by atoms with Crippen molar-refractivity contribution in [3.63, 3.8) is 0 Å². The van der Waals surface area contributed by atoms with E-state index in [-0.39, 0.29) is 0 Å². The third-order valence-electron chi connectivity index (χ3n) is 2.51. The standard InChI is InChI=1S/C13H16N4/c1-10-15-7-6-13(17-10)16-9-12-4-2-11(8-14)3-5-12/h2-7H,8-9,14H2,1H3,(H,15,16,17). The number of hydrogen-bond acceptors (Lipinski definition) is 4. The summed E-state index contributed by atoms with van der Waals surface area (Å²) in [6.07, 6.45) is 1.75. The summed E-state index contributed by atoms with van der Waals surface area (Å²) in [6, 6.07) is 10.1. The zero-order valence-electron chi connectivity index (χ0n) is 9.85. The number of nitrogens with zero attached hydrogens (tertiary/aromatic N) is 2. The van der Waals surface area contributed by atoms with Crippen LogP contribution < -0.4 is 11.1 Å². The molecule has 1 aromatic heterocycles. The molecule has 0 atom stereocenters. The first kappa shape index (κ1) is 11.5. The van der Waals surface area contributed by atoms with Crippen LogP contribution in [0, 0.1) is 6.92 Å². The van der Waals surface area contributed by atoms with Crippen molar-refractivity contribution in [2.24, 2.45) is 5.73 Å². The average Bonchev–Trinajstić information content (AvgIpc) is 2.37. The van der Waals surface area contributed by atoms with E-state index in [9.17, 15) is 0 Å². The van der Waals surface area contributed by atoms with E-state index in [1.54, 1.807) is 6.20 Å². The van der Waals surface area contributed by atoms with Crippen LogP contribution in [0.15, 0.2) is 36.5 Å². The minimum absolute atomic E-state index is 0.582. The summed E-state index contributed by atoms with van der Waals surface area (Å²) in [5.41, 5.74) is 7.90. The van der Waals surface area contributed by atoms with Gasteiger partial charge < -0.3 is 11.1 Å². The van der Waals surface area contributed by atoms with Gasteiger partial charge in [-0.05, 0) is 24.1 Å². The van der Waals surface area contributed by atoms with Gasteiger partial charge in [0.2, 0.25) is 0 Å². The fourth-order valence-electron chi connectivity index (χ4n) is 1.54. The molecule has 0 unspecified atom stereocenters. The van der Waals surface area contributed by atoms with Crippen LogP contribution in [0.1, 0.15) is 17.0 Å². The lowest BCUT2D eigenvalue weighted by Crippen LogP contribution is -2.03. The second-order valence-corrected chi connectivity index (χ2v) is 3.86. The van der Waals surface area contributed by atoms with Crippen molar-refractivity contribution in [1.82, 2.24) is 9.97 Å². The van der Waals surface area contributed by atoms with E-state index in [0.29, 0.717) is 6.54 Å². The molecule has 88 valence electrons. The Hall–Kier alpha value is -1.94. The maximum Gasteiger partial charge on any atom is 0.129 e. The molecule has 3 N–H and O–H groups in total. The van der Waals surface area contributed by atoms with Crippen molar-refractivity contribution in [2.45, 2.75) is 20.0 Å². The smallest absolute Gasteiger partial charge is 0.129 e. The number of hydrogen-bond donors (Lipinski definition) is 2. The number of nitrogens with two attached hydrogens (primary N) is 1. The zero-order valence-corrected chi connectivity index (χ0v) is 9.85. The largest absolute Gasteiger partial charge is 0.366 e. The molecule has 2 aromatic rings. The normalized spacial score (nSPS) is 10.2. The van der Waals surface area contributed by atoms with Gasteiger partial charge in [-0.15, -0.1) is 0 Å². The molecule has 1 aromatic carbocycles. The lowest BCUT2D eigenvalue weighted by atomic mass is 10.1. The summed E-state index contributed by atoms with van der Waals surface area (Å²) in [5.74, 6) is 1.62. The van der Waals surface area contributed by atoms with E-state index < -0.39 is 0 Å². The minimum Gasteiger partial charge on any atom is -0.366 e. The van der Waals surface area contributed by atoms with Gasteiger partial charge in [-0.2, -0.15) is 0 Å². The Bertz CT molecular complexity index is 479. The molecule has 0 amide bonds. The SMILES string of the molecule is Cc1nccc(NCc2ccc(CN)cc2)n1. The highest BCUT2D eigenvalue weighted by Crippen LogP contribution is 2.07. The molecule has 2 rings (SSSR count). The molecule has 0 saturated carbocycles. The maximum absolute atomic E-state index is 5.55. The van der Waals surface area contributed by atoms with Crippen LogP contribution in [0.2, 0.25) is 0 Å². The van der Waals surface area contributed by atoms with Gasteiger partial charge in [-0.1, -0.05) is 24.3 Å². The van der Waals surface area contributed by atoms with E-state index in [2.05, 4.69) is 27.4 Å². The first-order valence-corrected chi connectivity index (χ1v) is 5.59. The molecule has 0 aliphatic heterocycles. The summed E-state index contributed by atoms with van der Waals surface area (Å²) < 4.78 is 0. The maximum atomic E-state index is 5.55. The van der Waals surface area contributed by atoms with Crippen molar-refractivity contribution in [1.29, 1.82) is 0 Å². The summed E-state index contributed by atoms with van der Waals surface area (Å²) in [4.78, 5) is 8.33. The van der Waals surface area contributed by atoms with E-state index in [1.807, 2.05) is 25.1 Å². The molecule has 0 aliphatic rings. The van der Waals surface area contributed by atoms with Crippen LogP contribution in [0.5, 0.6) is 0 Å². The average molecular weight is 228 g/mol. The number of aromatic nitrogens is 2. The Kier molecular flexibility index (Phi) is 3.67. The predicted octanol–water partition coefficient (Wildman–Crippen LogP) is 1.86. The van der Waals surface area contributed by atoms with Gasteiger partial charge in [-0.25, -0.2) is 9.97 Å². The molecule has 0 radical (unpaired) electrons. The van der Waals surface area contributed by atoms with Crippen LogP contribution in [-0.2, 0) is 13.1 Å². The molecule has 4 nitrogen and oxygen atoms in total. The van der Waals surface area contributed by atoms with Crippen molar-refractivity contribution in [3.05, 3.63) is 53.5 Å². The van der Waals surface area contributed by atoms with Gasteiger partial charge in [0.15, 0.2) is 0 Å². The van der Waals surface area contributed by atoms with E-state index in [4.69, 9.17) is 5.73 Å². The van der Waals surface area contributed by atoms with Crippen LogP contribution in [0.3, 0.4) is 0 Å². The summed E-state index contributed by atoms with van der Waals surface area (Å²) in [5, 5.41) is 3.26. The van der Waals surface area contributed by atoms with Crippen molar-refractivity contribution in [3.8, 4) is 0 Å². The van der Waals surface area contributed by atoms with Gasteiger partial charge in [0.05, 0.1) is 0 Å². The fraction of sp³-hybridized carbons (Fsp3) is 0.231. The summed E-state index contributed by atoms with van der Waals surface area (Å²) >= 11 is 0. The number of anilines is 1. The Morgan fingerprint density at radius 3 is 2.47 bits per heavy atom. The summed E-state index contributed by atoms with van der Waals surface area (Å²) in [6.45, 7) is 3.21. The quantitative estimate of drug-likeness (QED) is 0.838. The van der Waals surface area contributed by atoms with Gasteiger partial charge >= 0.3 is 0 Å². The number of nitrogens with one attached hydrogen (secondary N) is 1. The number of benzene rings is 1. The third-order valence-corrected chi connectivity index (χ3v) is 2.51. The highest BCUT2D eigenvalue weighted by atomic mass is 15.0. The fourth-order valence-corrected chi connectivity index (χ4v) is 1.54. The highest BCUT2D eigenvalue weighted by molar-refractivity contribution is 5.34. The van der Waals surface area contributed by atoms with Gasteiger partial charge in [-0.3, -0.25) is 0 Å². The Balaban J connectivity index is 1.97. The molecule has 0 bridgehead atoms. The van der Waals surface area contributed by atoms with E-state index in [1.165, 1.54) is 5.56 Å². The van der Waals surface area contributed by atoms with Crippen LogP contribution in [0.25, 0.3) is 0 Å². The monoisotopic (exact) mass is 228 g/mol. The van der Waals surface area contributed by atoms with E-state index >= 15 is 0 Å². The lowest BCUT2D eigenvalue weighted by Gasteiger charge is -2.06. The predicted molar refractivity (Wildman–Crippen MR) is 68.4 cm³/mol. The molecule has 4 heteroatoms. The zero-order chi connectivity index (χ0) is 12.1. The second kappa shape index (κ2) is 5.41. The minimum atomic E-state index is 0.582. The van der Waals surface area contributed by atoms with Crippen LogP contribution in [0.4, 0.5) is 5.82 Å². The van der Waals surface area contributed by atoms with Crippen molar-refractivity contribution < 1.29 is 0 Å². The van der Waals surface area contributed by atoms with Gasteiger partial charge in [0.1, 0.15) is 11.6 Å². The second-order valence-electron chi connectivity index (χ2n) is 3.86. The van der Waals surface area contributed by atoms with Crippen molar-refractivity contribution >= 4 is 5.82 Å². The Labute approximate surface area is 101 Å². The molecular weight excluding hydrogens is 212 g/mol. The van der Waals surface area contributed by atoms with Crippen molar-refractivity contribution in [2.75, 3.05) is 5.32 Å². The van der Waals surface area contributed by atoms with Gasteiger partial charge in [0, 0.05) is 19.3 Å². The first-order valence-electron chi connectivity index (χ1n) is 5.59. The molecular formula is C13H16N4. The number of rotatable bonds is 4. The summed E-state index contributed by atoms with van der Waals surface area (Å²) in [7, 11) is 0. The topological polar surface area (TPSA) is 63.8 Å². The third kappa shape index (κ3) is 3.26. The molecule has 0 fully saturated rings. The molecule has 1 heterocycles. The van der Waals surface area contributed by atoms with Crippen LogP contribution in [-0.4, -0.2) is 9.97 Å². The Morgan fingerprint density at radius 1 is 1.12 bits per heavy atom. The van der Waals surface area contributed by atoms with Gasteiger partial charge in [0.25, 0.3) is 0 Å². The first-order chi connectivity index (χ1) is 8.28. The molecule has 17 heavy (non-hydrogen) atoms.